The summed E-state index contributed by atoms with van der Waals surface area (Å²) in [6.45, 7) is 6.17. The monoisotopic (exact) mass is 306 g/mol. The van der Waals surface area contributed by atoms with Gasteiger partial charge < -0.3 is 9.52 Å². The van der Waals surface area contributed by atoms with Crippen LogP contribution in [-0.4, -0.2) is 33.7 Å². The molecule has 3 rings (SSSR count). The van der Waals surface area contributed by atoms with E-state index in [0.717, 1.165) is 11.3 Å². The van der Waals surface area contributed by atoms with Crippen LogP contribution < -0.4 is 0 Å². The van der Waals surface area contributed by atoms with Crippen LogP contribution >= 0.6 is 11.6 Å². The summed E-state index contributed by atoms with van der Waals surface area (Å²) in [6, 6.07) is 7.41. The molecule has 0 radical (unpaired) electrons. The highest BCUT2D eigenvalue weighted by molar-refractivity contribution is 6.30. The van der Waals surface area contributed by atoms with E-state index in [1.54, 1.807) is 6.26 Å². The fraction of sp³-hybridized carbons (Fsp3) is 0.438. The maximum absolute atomic E-state index is 10.2. The van der Waals surface area contributed by atoms with E-state index in [9.17, 15) is 5.11 Å². The Morgan fingerprint density at radius 1 is 1.33 bits per heavy atom. The fourth-order valence-electron chi connectivity index (χ4n) is 2.54. The first kappa shape index (κ1) is 14.6. The first-order valence-corrected chi connectivity index (χ1v) is 7.49. The molecular weight excluding hydrogens is 288 g/mol. The number of rotatable bonds is 4. The largest absolute Gasteiger partial charge is 0.444 e. The zero-order valence-electron chi connectivity index (χ0n) is 12.2. The quantitative estimate of drug-likeness (QED) is 0.942. The van der Waals surface area contributed by atoms with Crippen molar-refractivity contribution in [1.29, 1.82) is 0 Å². The van der Waals surface area contributed by atoms with Crippen LogP contribution in [0.15, 0.2) is 34.9 Å². The van der Waals surface area contributed by atoms with Crippen molar-refractivity contribution in [3.05, 3.63) is 41.2 Å². The number of nitrogens with zero attached hydrogens (tertiary/aromatic N) is 2. The van der Waals surface area contributed by atoms with Crippen LogP contribution in [0.5, 0.6) is 0 Å². The number of oxazole rings is 1. The molecule has 4 nitrogen and oxygen atoms in total. The van der Waals surface area contributed by atoms with E-state index in [0.29, 0.717) is 30.5 Å². The number of hydrogen-bond donors (Lipinski definition) is 1. The smallest absolute Gasteiger partial charge is 0.226 e. The molecule has 1 N–H and O–H groups in total. The van der Waals surface area contributed by atoms with Gasteiger partial charge in [0.15, 0.2) is 0 Å². The molecule has 2 aromatic rings. The molecule has 1 fully saturated rings. The van der Waals surface area contributed by atoms with Crippen molar-refractivity contribution < 1.29 is 9.52 Å². The lowest BCUT2D eigenvalue weighted by molar-refractivity contribution is -0.131. The van der Waals surface area contributed by atoms with E-state index in [4.69, 9.17) is 16.0 Å². The van der Waals surface area contributed by atoms with Crippen molar-refractivity contribution in [3.63, 3.8) is 0 Å². The summed E-state index contributed by atoms with van der Waals surface area (Å²) in [5, 5.41) is 10.9. The standard InChI is InChI=1S/C16H19ClN2O2/c1-11(2)16(20)9-19(10-16)7-14-8-21-15(18-14)12-3-5-13(17)6-4-12/h3-6,8,11,20H,7,9-10H2,1-2H3. The first-order valence-electron chi connectivity index (χ1n) is 7.11. The van der Waals surface area contributed by atoms with Crippen molar-refractivity contribution in [3.8, 4) is 11.5 Å². The Morgan fingerprint density at radius 3 is 2.62 bits per heavy atom. The predicted octanol–water partition coefficient (Wildman–Crippen LogP) is 3.20. The molecule has 0 unspecified atom stereocenters. The normalized spacial score (nSPS) is 18.0. The SMILES string of the molecule is CC(C)C1(O)CN(Cc2coc(-c3ccc(Cl)cc3)n2)C1. The second kappa shape index (κ2) is 5.44. The van der Waals surface area contributed by atoms with Gasteiger partial charge in [-0.1, -0.05) is 25.4 Å². The van der Waals surface area contributed by atoms with Gasteiger partial charge in [0, 0.05) is 30.2 Å². The molecule has 5 heteroatoms. The summed E-state index contributed by atoms with van der Waals surface area (Å²) in [7, 11) is 0. The molecule has 0 bridgehead atoms. The maximum atomic E-state index is 10.2. The molecule has 1 aromatic carbocycles. The number of β-amino-alcohol motifs (C(OH)–C–C–N with tert-alkyl or cyclic N) is 1. The van der Waals surface area contributed by atoms with Gasteiger partial charge in [0.25, 0.3) is 0 Å². The Bertz CT molecular complexity index is 615. The topological polar surface area (TPSA) is 49.5 Å². The van der Waals surface area contributed by atoms with Crippen molar-refractivity contribution >= 4 is 11.6 Å². The van der Waals surface area contributed by atoms with Gasteiger partial charge in [-0.25, -0.2) is 4.98 Å². The van der Waals surface area contributed by atoms with Crippen LogP contribution in [0.1, 0.15) is 19.5 Å². The Morgan fingerprint density at radius 2 is 2.00 bits per heavy atom. The summed E-state index contributed by atoms with van der Waals surface area (Å²) < 4.78 is 5.52. The van der Waals surface area contributed by atoms with E-state index >= 15 is 0 Å². The highest BCUT2D eigenvalue weighted by atomic mass is 35.5. The van der Waals surface area contributed by atoms with Crippen LogP contribution in [0, 0.1) is 5.92 Å². The van der Waals surface area contributed by atoms with Gasteiger partial charge in [-0.15, -0.1) is 0 Å². The lowest BCUT2D eigenvalue weighted by Crippen LogP contribution is -2.63. The highest BCUT2D eigenvalue weighted by Crippen LogP contribution is 2.30. The average Bonchev–Trinajstić information content (AvgIpc) is 2.86. The maximum Gasteiger partial charge on any atom is 0.226 e. The molecule has 1 aliphatic rings. The predicted molar refractivity (Wildman–Crippen MR) is 82.0 cm³/mol. The molecule has 0 aliphatic carbocycles. The zero-order valence-corrected chi connectivity index (χ0v) is 13.0. The number of aromatic nitrogens is 1. The number of benzene rings is 1. The Balaban J connectivity index is 1.63. The van der Waals surface area contributed by atoms with Crippen molar-refractivity contribution in [2.75, 3.05) is 13.1 Å². The molecule has 21 heavy (non-hydrogen) atoms. The Labute approximate surface area is 129 Å². The summed E-state index contributed by atoms with van der Waals surface area (Å²) in [5.41, 5.74) is 1.24. The Kier molecular flexibility index (Phi) is 3.78. The van der Waals surface area contributed by atoms with Gasteiger partial charge >= 0.3 is 0 Å². The van der Waals surface area contributed by atoms with Crippen LogP contribution in [0.3, 0.4) is 0 Å². The summed E-state index contributed by atoms with van der Waals surface area (Å²) in [4.78, 5) is 6.66. The van der Waals surface area contributed by atoms with Gasteiger partial charge in [-0.2, -0.15) is 0 Å². The zero-order chi connectivity index (χ0) is 15.0. The van der Waals surface area contributed by atoms with E-state index in [-0.39, 0.29) is 5.92 Å². The molecule has 0 spiro atoms. The molecule has 0 amide bonds. The number of likely N-dealkylation sites (tertiary alicyclic amines) is 1. The summed E-state index contributed by atoms with van der Waals surface area (Å²) >= 11 is 5.87. The molecule has 1 aliphatic heterocycles. The van der Waals surface area contributed by atoms with Crippen LogP contribution in [0.4, 0.5) is 0 Å². The minimum Gasteiger partial charge on any atom is -0.444 e. The molecule has 2 heterocycles. The molecule has 0 saturated carbocycles. The number of hydrogen-bond acceptors (Lipinski definition) is 4. The molecule has 1 saturated heterocycles. The highest BCUT2D eigenvalue weighted by Gasteiger charge is 2.43. The molecule has 112 valence electrons. The summed E-state index contributed by atoms with van der Waals surface area (Å²) in [5.74, 6) is 0.872. The van der Waals surface area contributed by atoms with E-state index in [1.165, 1.54) is 0 Å². The molecular formula is C16H19ClN2O2. The van der Waals surface area contributed by atoms with Gasteiger partial charge in [0.05, 0.1) is 11.3 Å². The van der Waals surface area contributed by atoms with Crippen molar-refractivity contribution in [2.45, 2.75) is 26.0 Å². The third-order valence-corrected chi connectivity index (χ3v) is 4.35. The lowest BCUT2D eigenvalue weighted by atomic mass is 9.83. The summed E-state index contributed by atoms with van der Waals surface area (Å²) in [6.07, 6.45) is 1.68. The van der Waals surface area contributed by atoms with Gasteiger partial charge in [-0.05, 0) is 30.2 Å². The van der Waals surface area contributed by atoms with Crippen LogP contribution in [-0.2, 0) is 6.54 Å². The third-order valence-electron chi connectivity index (χ3n) is 4.10. The minimum atomic E-state index is -0.553. The van der Waals surface area contributed by atoms with Gasteiger partial charge in [0.1, 0.15) is 6.26 Å². The average molecular weight is 307 g/mol. The van der Waals surface area contributed by atoms with Crippen molar-refractivity contribution in [1.82, 2.24) is 9.88 Å². The lowest BCUT2D eigenvalue weighted by Gasteiger charge is -2.48. The second-order valence-corrected chi connectivity index (χ2v) is 6.49. The van der Waals surface area contributed by atoms with E-state index < -0.39 is 5.60 Å². The fourth-order valence-corrected chi connectivity index (χ4v) is 2.66. The van der Waals surface area contributed by atoms with Crippen molar-refractivity contribution in [2.24, 2.45) is 5.92 Å². The minimum absolute atomic E-state index is 0.274. The van der Waals surface area contributed by atoms with E-state index in [1.807, 2.05) is 38.1 Å². The van der Waals surface area contributed by atoms with Gasteiger partial charge in [0.2, 0.25) is 5.89 Å². The molecule has 1 aromatic heterocycles. The van der Waals surface area contributed by atoms with Crippen LogP contribution in [0.25, 0.3) is 11.5 Å². The number of halogens is 1. The Hall–Kier alpha value is -1.36. The van der Waals surface area contributed by atoms with E-state index in [2.05, 4.69) is 9.88 Å². The van der Waals surface area contributed by atoms with Crippen LogP contribution in [0.2, 0.25) is 5.02 Å². The number of aliphatic hydroxyl groups is 1. The first-order chi connectivity index (χ1) is 9.96. The third kappa shape index (κ3) is 2.98. The van der Waals surface area contributed by atoms with Gasteiger partial charge in [-0.3, -0.25) is 4.90 Å². The molecule has 0 atom stereocenters. The second-order valence-electron chi connectivity index (χ2n) is 6.05.